The van der Waals surface area contributed by atoms with Crippen LogP contribution in [0.2, 0.25) is 0 Å². The number of hydrogen-bond donors (Lipinski definition) is 2. The molecule has 0 spiro atoms. The summed E-state index contributed by atoms with van der Waals surface area (Å²) >= 11 is 0. The Morgan fingerprint density at radius 1 is 0.931 bits per heavy atom. The van der Waals surface area contributed by atoms with E-state index >= 15 is 0 Å². The van der Waals surface area contributed by atoms with Gasteiger partial charge in [-0.2, -0.15) is 0 Å². The second-order valence-electron chi connectivity index (χ2n) is 9.52. The number of hydrogen-bond acceptors (Lipinski definition) is 5. The molecule has 152 valence electrons. The van der Waals surface area contributed by atoms with Crippen molar-refractivity contribution in [2.75, 3.05) is 11.9 Å². The lowest BCUT2D eigenvalue weighted by molar-refractivity contribution is 0.160. The van der Waals surface area contributed by atoms with Crippen molar-refractivity contribution in [2.45, 2.75) is 57.7 Å². The van der Waals surface area contributed by atoms with Gasteiger partial charge in [-0.15, -0.1) is 10.2 Å². The Morgan fingerprint density at radius 3 is 2.28 bits per heavy atom. The number of phenols is 1. The zero-order valence-electron chi connectivity index (χ0n) is 17.9. The lowest BCUT2D eigenvalue weighted by atomic mass is 9.79. The molecule has 5 heteroatoms. The summed E-state index contributed by atoms with van der Waals surface area (Å²) in [5.74, 6) is 1.08. The predicted molar refractivity (Wildman–Crippen MR) is 119 cm³/mol. The van der Waals surface area contributed by atoms with Crippen molar-refractivity contribution >= 4 is 16.6 Å². The van der Waals surface area contributed by atoms with E-state index in [2.05, 4.69) is 55.2 Å². The highest BCUT2D eigenvalue weighted by Gasteiger charge is 2.39. The molecule has 1 aliphatic heterocycles. The molecule has 2 N–H and O–H groups in total. The molecule has 1 aliphatic rings. The minimum Gasteiger partial charge on any atom is -0.507 e. The van der Waals surface area contributed by atoms with Crippen LogP contribution in [0.3, 0.4) is 0 Å². The molecule has 0 amide bonds. The van der Waals surface area contributed by atoms with Gasteiger partial charge in [-0.1, -0.05) is 30.3 Å². The van der Waals surface area contributed by atoms with Gasteiger partial charge in [-0.3, -0.25) is 0 Å². The quantitative estimate of drug-likeness (QED) is 0.676. The van der Waals surface area contributed by atoms with Crippen LogP contribution in [0.25, 0.3) is 22.0 Å². The van der Waals surface area contributed by atoms with Crippen molar-refractivity contribution in [1.29, 1.82) is 0 Å². The van der Waals surface area contributed by atoms with Crippen molar-refractivity contribution < 1.29 is 5.11 Å². The normalized spacial score (nSPS) is 18.7. The number of nitrogens with one attached hydrogen (secondary N) is 1. The Bertz CT molecular complexity index is 1010. The van der Waals surface area contributed by atoms with E-state index in [9.17, 15) is 5.11 Å². The van der Waals surface area contributed by atoms with Gasteiger partial charge < -0.3 is 15.3 Å². The maximum atomic E-state index is 10.5. The van der Waals surface area contributed by atoms with Gasteiger partial charge in [-0.25, -0.2) is 0 Å². The van der Waals surface area contributed by atoms with E-state index in [0.29, 0.717) is 11.7 Å². The Hall–Kier alpha value is -2.66. The third-order valence-corrected chi connectivity index (χ3v) is 5.89. The first-order valence-electron chi connectivity index (χ1n) is 10.2. The molecule has 29 heavy (non-hydrogen) atoms. The monoisotopic (exact) mass is 390 g/mol. The Morgan fingerprint density at radius 2 is 1.62 bits per heavy atom. The van der Waals surface area contributed by atoms with Crippen LogP contribution in [0.1, 0.15) is 40.5 Å². The largest absolute Gasteiger partial charge is 0.507 e. The molecule has 2 aromatic carbocycles. The Balaban J connectivity index is 1.65. The summed E-state index contributed by atoms with van der Waals surface area (Å²) in [6.45, 7) is 9.03. The summed E-state index contributed by atoms with van der Waals surface area (Å²) in [5, 5.41) is 25.3. The topological polar surface area (TPSA) is 61.3 Å². The molecule has 1 aromatic heterocycles. The van der Waals surface area contributed by atoms with Gasteiger partial charge in [-0.05, 0) is 69.5 Å². The fourth-order valence-electron chi connectivity index (χ4n) is 4.91. The maximum absolute atomic E-state index is 10.5. The number of rotatable bonds is 3. The number of aromatic hydroxyl groups is 1. The molecule has 5 nitrogen and oxygen atoms in total. The molecule has 0 atom stereocenters. The first kappa shape index (κ1) is 19.6. The van der Waals surface area contributed by atoms with Crippen LogP contribution in [0.5, 0.6) is 5.75 Å². The van der Waals surface area contributed by atoms with Crippen molar-refractivity contribution in [3.63, 3.8) is 0 Å². The first-order valence-corrected chi connectivity index (χ1v) is 10.2. The van der Waals surface area contributed by atoms with Crippen LogP contribution >= 0.6 is 0 Å². The number of anilines is 1. The van der Waals surface area contributed by atoms with Gasteiger partial charge in [0.1, 0.15) is 5.75 Å². The number of fused-ring (bicyclic) bond motifs is 1. The Kier molecular flexibility index (Phi) is 4.74. The van der Waals surface area contributed by atoms with E-state index in [1.165, 1.54) is 0 Å². The van der Waals surface area contributed by atoms with Gasteiger partial charge >= 0.3 is 0 Å². The van der Waals surface area contributed by atoms with E-state index in [0.717, 1.165) is 35.0 Å². The molecular weight excluding hydrogens is 360 g/mol. The van der Waals surface area contributed by atoms with Crippen LogP contribution < -0.4 is 10.2 Å². The van der Waals surface area contributed by atoms with E-state index in [1.807, 2.05) is 42.5 Å². The van der Waals surface area contributed by atoms with Gasteiger partial charge in [0, 0.05) is 24.2 Å². The average Bonchev–Trinajstić information content (AvgIpc) is 2.65. The van der Waals surface area contributed by atoms with Gasteiger partial charge in [0.25, 0.3) is 0 Å². The minimum atomic E-state index is 0.0722. The molecule has 2 heterocycles. The molecule has 0 bridgehead atoms. The highest BCUT2D eigenvalue weighted by molar-refractivity contribution is 5.98. The van der Waals surface area contributed by atoms with Crippen LogP contribution in [-0.4, -0.2) is 39.5 Å². The van der Waals surface area contributed by atoms with Crippen molar-refractivity contribution in [1.82, 2.24) is 15.5 Å². The zero-order chi connectivity index (χ0) is 20.8. The van der Waals surface area contributed by atoms with E-state index in [1.54, 1.807) is 6.07 Å². The molecular formula is C24H30N4O. The lowest BCUT2D eigenvalue weighted by Gasteiger charge is -2.49. The van der Waals surface area contributed by atoms with Gasteiger partial charge in [0.05, 0.1) is 11.3 Å². The molecule has 1 saturated heterocycles. The van der Waals surface area contributed by atoms with E-state index in [-0.39, 0.29) is 16.8 Å². The predicted octanol–water partition coefficient (Wildman–Crippen LogP) is 4.75. The van der Waals surface area contributed by atoms with Crippen molar-refractivity contribution in [2.24, 2.45) is 0 Å². The summed E-state index contributed by atoms with van der Waals surface area (Å²) in [4.78, 5) is 2.24. The molecule has 3 aromatic rings. The van der Waals surface area contributed by atoms with Crippen LogP contribution in [-0.2, 0) is 0 Å². The van der Waals surface area contributed by atoms with Crippen LogP contribution in [0.15, 0.2) is 48.5 Å². The van der Waals surface area contributed by atoms with Gasteiger partial charge in [0.2, 0.25) is 0 Å². The van der Waals surface area contributed by atoms with E-state index < -0.39 is 0 Å². The molecule has 0 unspecified atom stereocenters. The highest BCUT2D eigenvalue weighted by atomic mass is 16.3. The number of aromatic nitrogens is 2. The summed E-state index contributed by atoms with van der Waals surface area (Å²) in [6.07, 6.45) is 2.08. The SMILES string of the molecule is CN(c1ccc(-c2c(O)ccc3ccccc23)nn1)C1CC(C)(C)NC(C)(C)C1. The second-order valence-corrected chi connectivity index (χ2v) is 9.52. The zero-order valence-corrected chi connectivity index (χ0v) is 17.9. The van der Waals surface area contributed by atoms with Gasteiger partial charge in [0.15, 0.2) is 5.82 Å². The summed E-state index contributed by atoms with van der Waals surface area (Å²) < 4.78 is 0. The van der Waals surface area contributed by atoms with Crippen LogP contribution in [0, 0.1) is 0 Å². The van der Waals surface area contributed by atoms with Crippen molar-refractivity contribution in [3.05, 3.63) is 48.5 Å². The fourth-order valence-corrected chi connectivity index (χ4v) is 4.91. The number of piperidine rings is 1. The molecule has 1 fully saturated rings. The van der Waals surface area contributed by atoms with Crippen molar-refractivity contribution in [3.8, 4) is 17.0 Å². The Labute approximate surface area is 172 Å². The summed E-state index contributed by atoms with van der Waals surface area (Å²) in [6, 6.07) is 16.0. The third kappa shape index (κ3) is 3.92. The maximum Gasteiger partial charge on any atom is 0.151 e. The summed E-state index contributed by atoms with van der Waals surface area (Å²) in [7, 11) is 2.10. The molecule has 4 rings (SSSR count). The first-order chi connectivity index (χ1) is 13.7. The molecule has 0 aliphatic carbocycles. The smallest absolute Gasteiger partial charge is 0.151 e. The number of nitrogens with zero attached hydrogens (tertiary/aromatic N) is 3. The third-order valence-electron chi connectivity index (χ3n) is 5.89. The highest BCUT2D eigenvalue weighted by Crippen LogP contribution is 2.36. The molecule has 0 radical (unpaired) electrons. The molecule has 0 saturated carbocycles. The fraction of sp³-hybridized carbons (Fsp3) is 0.417. The van der Waals surface area contributed by atoms with E-state index in [4.69, 9.17) is 0 Å². The lowest BCUT2D eigenvalue weighted by Crippen LogP contribution is -2.62. The standard InChI is InChI=1S/C24H30N4O/c1-23(2)14-17(15-24(3,4)27-23)28(5)21-13-11-19(25-26-21)22-18-9-7-6-8-16(18)10-12-20(22)29/h6-13,17,27,29H,14-15H2,1-5H3. The number of phenolic OH excluding ortho intramolecular Hbond substituents is 1. The summed E-state index contributed by atoms with van der Waals surface area (Å²) in [5.41, 5.74) is 1.56. The second kappa shape index (κ2) is 6.99. The average molecular weight is 391 g/mol. The number of benzene rings is 2. The van der Waals surface area contributed by atoms with Crippen LogP contribution in [0.4, 0.5) is 5.82 Å². The minimum absolute atomic E-state index is 0.0722.